The molecule has 194 valence electrons. The van der Waals surface area contributed by atoms with E-state index in [1.54, 1.807) is 6.33 Å². The molecule has 2 aliphatic heterocycles. The lowest BCUT2D eigenvalue weighted by Gasteiger charge is -2.36. The fourth-order valence-corrected chi connectivity index (χ4v) is 5.20. The number of piperazine rings is 1. The number of hydrogen-bond donors (Lipinski definition) is 1. The molecule has 2 aliphatic rings. The molecule has 1 fully saturated rings. The average Bonchev–Trinajstić information content (AvgIpc) is 3.32. The number of primary amides is 1. The third kappa shape index (κ3) is 4.97. The first kappa shape index (κ1) is 26.7. The number of benzene rings is 2. The number of carbonyl (C=O) groups is 1. The smallest absolute Gasteiger partial charge is 0.269 e. The summed E-state index contributed by atoms with van der Waals surface area (Å²) < 4.78 is 8.01. The number of fused-ring (bicyclic) bond motifs is 4. The zero-order valence-electron chi connectivity index (χ0n) is 20.6. The Balaban J connectivity index is 0.00000160. The Bertz CT molecular complexity index is 1430. The first-order valence-corrected chi connectivity index (χ1v) is 12.0. The maximum atomic E-state index is 11.7. The van der Waals surface area contributed by atoms with E-state index in [0.29, 0.717) is 12.3 Å². The van der Waals surface area contributed by atoms with E-state index in [-0.39, 0.29) is 30.5 Å². The molecule has 2 N–H and O–H groups in total. The standard InChI is InChI=1S/C27H28N6O2.2ClH/c1-18-8-9-20-21(30-18)5-3-6-22(20)32-14-12-31(13-15-32)11-10-19-4-2-7-23-26(19)35-16-24-25(27(28)34)29-17-33(23)24;;/h2-9,17H,10-16H2,1H3,(H2,28,34);2*1H. The second kappa shape index (κ2) is 11.0. The summed E-state index contributed by atoms with van der Waals surface area (Å²) >= 11 is 0. The maximum absolute atomic E-state index is 11.7. The second-order valence-corrected chi connectivity index (χ2v) is 9.20. The Hall–Kier alpha value is -3.33. The van der Waals surface area contributed by atoms with Crippen molar-refractivity contribution in [2.24, 2.45) is 5.73 Å². The van der Waals surface area contributed by atoms with Crippen molar-refractivity contribution in [2.75, 3.05) is 37.6 Å². The fourth-order valence-electron chi connectivity index (χ4n) is 5.20. The van der Waals surface area contributed by atoms with Crippen molar-refractivity contribution >= 4 is 47.3 Å². The Morgan fingerprint density at radius 3 is 2.54 bits per heavy atom. The number of hydrogen-bond acceptors (Lipinski definition) is 6. The molecule has 0 spiro atoms. The van der Waals surface area contributed by atoms with E-state index in [1.807, 2.05) is 23.6 Å². The van der Waals surface area contributed by atoms with Gasteiger partial charge in [-0.25, -0.2) is 4.98 Å². The van der Waals surface area contributed by atoms with Gasteiger partial charge in [0.25, 0.3) is 5.91 Å². The van der Waals surface area contributed by atoms with Crippen LogP contribution < -0.4 is 15.4 Å². The quantitative estimate of drug-likeness (QED) is 0.412. The SMILES string of the molecule is Cc1ccc2c(N3CCN(CCc4cccc5c4OCc4c(C(N)=O)ncn4-5)CC3)cccc2n1.Cl.Cl. The van der Waals surface area contributed by atoms with Crippen molar-refractivity contribution in [1.29, 1.82) is 0 Å². The van der Waals surface area contributed by atoms with Gasteiger partial charge in [0.05, 0.1) is 16.9 Å². The molecule has 0 unspecified atom stereocenters. The molecule has 10 heteroatoms. The number of aromatic nitrogens is 3. The van der Waals surface area contributed by atoms with E-state index < -0.39 is 5.91 Å². The highest BCUT2D eigenvalue weighted by Crippen LogP contribution is 2.34. The summed E-state index contributed by atoms with van der Waals surface area (Å²) in [6, 6.07) is 16.8. The van der Waals surface area contributed by atoms with Gasteiger partial charge in [-0.3, -0.25) is 19.2 Å². The highest BCUT2D eigenvalue weighted by molar-refractivity contribution is 5.92. The zero-order chi connectivity index (χ0) is 23.9. The molecule has 8 nitrogen and oxygen atoms in total. The summed E-state index contributed by atoms with van der Waals surface area (Å²) in [4.78, 5) is 25.5. The number of nitrogens with zero attached hydrogens (tertiary/aromatic N) is 5. The van der Waals surface area contributed by atoms with Crippen LogP contribution in [0.4, 0.5) is 5.69 Å². The molecule has 1 amide bonds. The third-order valence-corrected chi connectivity index (χ3v) is 7.05. The van der Waals surface area contributed by atoms with Gasteiger partial charge in [0.15, 0.2) is 5.69 Å². The van der Waals surface area contributed by atoms with Crippen molar-refractivity contribution < 1.29 is 9.53 Å². The Labute approximate surface area is 228 Å². The van der Waals surface area contributed by atoms with Crippen LogP contribution >= 0.6 is 24.8 Å². The molecule has 1 saturated heterocycles. The van der Waals surface area contributed by atoms with Gasteiger partial charge in [-0.1, -0.05) is 18.2 Å². The van der Waals surface area contributed by atoms with Crippen molar-refractivity contribution in [3.8, 4) is 11.4 Å². The minimum absolute atomic E-state index is 0. The molecule has 6 rings (SSSR count). The topological polar surface area (TPSA) is 89.5 Å². The van der Waals surface area contributed by atoms with Crippen LogP contribution in [0, 0.1) is 6.92 Å². The number of nitrogens with two attached hydrogens (primary N) is 1. The number of pyridine rings is 1. The van der Waals surface area contributed by atoms with Crippen molar-refractivity contribution in [3.05, 3.63) is 77.5 Å². The lowest BCUT2D eigenvalue weighted by atomic mass is 10.1. The number of aryl methyl sites for hydroxylation is 1. The van der Waals surface area contributed by atoms with Crippen LogP contribution in [0.2, 0.25) is 0 Å². The monoisotopic (exact) mass is 540 g/mol. The van der Waals surface area contributed by atoms with Gasteiger partial charge in [0.2, 0.25) is 0 Å². The number of amides is 1. The van der Waals surface area contributed by atoms with Gasteiger partial charge in [-0.15, -0.1) is 24.8 Å². The minimum Gasteiger partial charge on any atom is -0.485 e. The number of imidazole rings is 1. The molecule has 0 atom stereocenters. The van der Waals surface area contributed by atoms with Crippen LogP contribution in [0.5, 0.6) is 5.75 Å². The number of para-hydroxylation sites is 1. The highest BCUT2D eigenvalue weighted by atomic mass is 35.5. The van der Waals surface area contributed by atoms with Gasteiger partial charge in [0.1, 0.15) is 18.7 Å². The van der Waals surface area contributed by atoms with E-state index in [4.69, 9.17) is 15.5 Å². The summed E-state index contributed by atoms with van der Waals surface area (Å²) in [7, 11) is 0. The van der Waals surface area contributed by atoms with Gasteiger partial charge < -0.3 is 15.4 Å². The van der Waals surface area contributed by atoms with E-state index in [2.05, 4.69) is 51.2 Å². The molecule has 37 heavy (non-hydrogen) atoms. The Kier molecular flexibility index (Phi) is 7.92. The van der Waals surface area contributed by atoms with Gasteiger partial charge in [-0.05, 0) is 49.2 Å². The summed E-state index contributed by atoms with van der Waals surface area (Å²) in [6.07, 6.45) is 2.55. The van der Waals surface area contributed by atoms with Crippen LogP contribution in [0.3, 0.4) is 0 Å². The normalized spacial score (nSPS) is 14.7. The second-order valence-electron chi connectivity index (χ2n) is 9.20. The molecular formula is C27H30Cl2N6O2. The molecule has 0 radical (unpaired) electrons. The fraction of sp³-hybridized carbons (Fsp3) is 0.296. The van der Waals surface area contributed by atoms with Crippen LogP contribution in [0.15, 0.2) is 54.9 Å². The molecule has 0 bridgehead atoms. The Morgan fingerprint density at radius 1 is 1.00 bits per heavy atom. The van der Waals surface area contributed by atoms with Gasteiger partial charge in [0, 0.05) is 49.5 Å². The van der Waals surface area contributed by atoms with Gasteiger partial charge in [-0.2, -0.15) is 0 Å². The zero-order valence-corrected chi connectivity index (χ0v) is 22.2. The molecule has 0 saturated carbocycles. The predicted molar refractivity (Wildman–Crippen MR) is 150 cm³/mol. The van der Waals surface area contributed by atoms with Crippen molar-refractivity contribution in [3.63, 3.8) is 0 Å². The van der Waals surface area contributed by atoms with Crippen molar-refractivity contribution in [1.82, 2.24) is 19.4 Å². The van der Waals surface area contributed by atoms with Gasteiger partial charge >= 0.3 is 0 Å². The van der Waals surface area contributed by atoms with Crippen LogP contribution in [-0.4, -0.2) is 58.1 Å². The summed E-state index contributed by atoms with van der Waals surface area (Å²) in [6.45, 7) is 7.30. The number of carbonyl (C=O) groups excluding carboxylic acids is 1. The average molecular weight is 541 g/mol. The molecule has 2 aromatic heterocycles. The lowest BCUT2D eigenvalue weighted by Crippen LogP contribution is -2.47. The number of rotatable bonds is 5. The third-order valence-electron chi connectivity index (χ3n) is 7.05. The van der Waals surface area contributed by atoms with E-state index in [1.165, 1.54) is 16.6 Å². The largest absolute Gasteiger partial charge is 0.485 e. The van der Waals surface area contributed by atoms with Crippen LogP contribution in [0.1, 0.15) is 27.4 Å². The molecule has 4 heterocycles. The van der Waals surface area contributed by atoms with Crippen molar-refractivity contribution in [2.45, 2.75) is 20.0 Å². The number of ether oxygens (including phenoxy) is 1. The molecule has 4 aromatic rings. The lowest BCUT2D eigenvalue weighted by molar-refractivity contribution is 0.0993. The van der Waals surface area contributed by atoms with E-state index in [9.17, 15) is 4.79 Å². The predicted octanol–water partition coefficient (Wildman–Crippen LogP) is 3.93. The van der Waals surface area contributed by atoms with Crippen LogP contribution in [0.25, 0.3) is 16.6 Å². The first-order valence-electron chi connectivity index (χ1n) is 12.0. The maximum Gasteiger partial charge on any atom is 0.269 e. The molecular weight excluding hydrogens is 511 g/mol. The molecule has 0 aliphatic carbocycles. The Morgan fingerprint density at radius 2 is 1.76 bits per heavy atom. The molecule has 2 aromatic carbocycles. The summed E-state index contributed by atoms with van der Waals surface area (Å²) in [5, 5.41) is 1.22. The minimum atomic E-state index is -0.532. The number of anilines is 1. The van der Waals surface area contributed by atoms with E-state index >= 15 is 0 Å². The first-order chi connectivity index (χ1) is 17.1. The number of halogens is 2. The van der Waals surface area contributed by atoms with Crippen LogP contribution in [-0.2, 0) is 13.0 Å². The van der Waals surface area contributed by atoms with E-state index in [0.717, 1.165) is 61.8 Å². The summed E-state index contributed by atoms with van der Waals surface area (Å²) in [5.74, 6) is 0.335. The highest BCUT2D eigenvalue weighted by Gasteiger charge is 2.25. The summed E-state index contributed by atoms with van der Waals surface area (Å²) in [5.41, 5.74) is 11.9.